The molecule has 2 aromatic carbocycles. The molecule has 0 bridgehead atoms. The van der Waals surface area contributed by atoms with Gasteiger partial charge in [-0.25, -0.2) is 0 Å². The fraction of sp³-hybridized carbons (Fsp3) is 0.0526. The number of hydrogen-bond acceptors (Lipinski definition) is 3. The standard InChI is InChI=1S/C19H16BrN3O/c20-17-10-14(11-23-12-17)13-5-4-8-16(9-13)19(22,18(21)24)15-6-2-1-3-7-15/h1-12H,22H2,(H2,21,24). The van der Waals surface area contributed by atoms with Crippen LogP contribution < -0.4 is 11.5 Å². The highest BCUT2D eigenvalue weighted by Gasteiger charge is 2.36. The molecule has 4 nitrogen and oxygen atoms in total. The van der Waals surface area contributed by atoms with Crippen molar-refractivity contribution in [2.24, 2.45) is 11.5 Å². The lowest BCUT2D eigenvalue weighted by Gasteiger charge is -2.27. The molecule has 3 rings (SSSR count). The quantitative estimate of drug-likeness (QED) is 0.727. The normalized spacial score (nSPS) is 13.2. The SMILES string of the molecule is NC(=O)C(N)(c1ccccc1)c1cccc(-c2cncc(Br)c2)c1. The van der Waals surface area contributed by atoms with E-state index in [1.807, 2.05) is 48.5 Å². The molecular formula is C19H16BrN3O. The molecule has 5 heteroatoms. The Balaban J connectivity index is 2.14. The van der Waals surface area contributed by atoms with E-state index >= 15 is 0 Å². The topological polar surface area (TPSA) is 82.0 Å². The predicted molar refractivity (Wildman–Crippen MR) is 98.0 cm³/mol. The Hall–Kier alpha value is -2.50. The third-order valence-corrected chi connectivity index (χ3v) is 4.41. The number of pyridine rings is 1. The van der Waals surface area contributed by atoms with Crippen LogP contribution in [0.4, 0.5) is 0 Å². The van der Waals surface area contributed by atoms with Gasteiger partial charge in [-0.1, -0.05) is 48.5 Å². The first-order valence-electron chi connectivity index (χ1n) is 7.37. The van der Waals surface area contributed by atoms with Gasteiger partial charge in [-0.3, -0.25) is 9.78 Å². The first-order chi connectivity index (χ1) is 11.5. The highest BCUT2D eigenvalue weighted by atomic mass is 79.9. The Bertz CT molecular complexity index is 883. The van der Waals surface area contributed by atoms with Crippen molar-refractivity contribution in [2.45, 2.75) is 5.54 Å². The first-order valence-corrected chi connectivity index (χ1v) is 8.17. The molecule has 24 heavy (non-hydrogen) atoms. The molecule has 0 radical (unpaired) electrons. The fourth-order valence-electron chi connectivity index (χ4n) is 2.67. The molecule has 3 aromatic rings. The maximum Gasteiger partial charge on any atom is 0.246 e. The van der Waals surface area contributed by atoms with Gasteiger partial charge >= 0.3 is 0 Å². The van der Waals surface area contributed by atoms with Gasteiger partial charge < -0.3 is 11.5 Å². The molecule has 1 unspecified atom stereocenters. The zero-order valence-corrected chi connectivity index (χ0v) is 14.4. The molecule has 1 atom stereocenters. The Labute approximate surface area is 148 Å². The van der Waals surface area contributed by atoms with Crippen LogP contribution in [0.25, 0.3) is 11.1 Å². The predicted octanol–water partition coefficient (Wildman–Crippen LogP) is 3.20. The fourth-order valence-corrected chi connectivity index (χ4v) is 3.03. The summed E-state index contributed by atoms with van der Waals surface area (Å²) in [6.45, 7) is 0. The number of rotatable bonds is 4. The van der Waals surface area contributed by atoms with Crippen LogP contribution in [0.1, 0.15) is 11.1 Å². The van der Waals surface area contributed by atoms with E-state index in [4.69, 9.17) is 11.5 Å². The van der Waals surface area contributed by atoms with E-state index in [9.17, 15) is 4.79 Å². The summed E-state index contributed by atoms with van der Waals surface area (Å²) in [4.78, 5) is 16.4. The van der Waals surface area contributed by atoms with Crippen molar-refractivity contribution < 1.29 is 4.79 Å². The number of halogens is 1. The molecule has 120 valence electrons. The summed E-state index contributed by atoms with van der Waals surface area (Å²) in [6, 6.07) is 18.6. The molecular weight excluding hydrogens is 366 g/mol. The minimum absolute atomic E-state index is 0.599. The van der Waals surface area contributed by atoms with Gasteiger partial charge in [-0.2, -0.15) is 0 Å². The van der Waals surface area contributed by atoms with Crippen molar-refractivity contribution in [1.82, 2.24) is 4.98 Å². The number of nitrogens with two attached hydrogens (primary N) is 2. The molecule has 1 aromatic heterocycles. The molecule has 0 spiro atoms. The van der Waals surface area contributed by atoms with Crippen molar-refractivity contribution in [3.8, 4) is 11.1 Å². The van der Waals surface area contributed by atoms with Crippen molar-refractivity contribution in [1.29, 1.82) is 0 Å². The number of nitrogens with zero attached hydrogens (tertiary/aromatic N) is 1. The van der Waals surface area contributed by atoms with Crippen LogP contribution in [0.2, 0.25) is 0 Å². The summed E-state index contributed by atoms with van der Waals surface area (Å²) >= 11 is 3.42. The van der Waals surface area contributed by atoms with E-state index in [0.717, 1.165) is 15.6 Å². The van der Waals surface area contributed by atoms with Gasteiger partial charge in [-0.05, 0) is 44.8 Å². The van der Waals surface area contributed by atoms with Crippen LogP contribution in [0, 0.1) is 0 Å². The molecule has 0 fully saturated rings. The lowest BCUT2D eigenvalue weighted by Crippen LogP contribution is -2.50. The van der Waals surface area contributed by atoms with Crippen molar-refractivity contribution >= 4 is 21.8 Å². The zero-order chi connectivity index (χ0) is 17.2. The molecule has 0 saturated carbocycles. The highest BCUT2D eigenvalue weighted by Crippen LogP contribution is 2.30. The number of carbonyl (C=O) groups is 1. The zero-order valence-electron chi connectivity index (χ0n) is 12.8. The number of primary amides is 1. The third kappa shape index (κ3) is 2.96. The maximum atomic E-state index is 12.2. The molecule has 1 amide bonds. The molecule has 4 N–H and O–H groups in total. The van der Waals surface area contributed by atoms with Gasteiger partial charge in [0.05, 0.1) is 0 Å². The number of amides is 1. The summed E-state index contributed by atoms with van der Waals surface area (Å²) in [6.07, 6.45) is 3.48. The van der Waals surface area contributed by atoms with Crippen LogP contribution >= 0.6 is 15.9 Å². The molecule has 0 aliphatic heterocycles. The van der Waals surface area contributed by atoms with Gasteiger partial charge in [0.2, 0.25) is 5.91 Å². The maximum absolute atomic E-state index is 12.2. The van der Waals surface area contributed by atoms with E-state index in [1.165, 1.54) is 0 Å². The van der Waals surface area contributed by atoms with Crippen LogP contribution in [-0.2, 0) is 10.3 Å². The van der Waals surface area contributed by atoms with Crippen LogP contribution in [0.3, 0.4) is 0 Å². The second kappa shape index (κ2) is 6.55. The van der Waals surface area contributed by atoms with Gasteiger partial charge in [0.1, 0.15) is 5.54 Å². The molecule has 1 heterocycles. The summed E-state index contributed by atoms with van der Waals surface area (Å²) in [5.41, 5.74) is 13.9. The van der Waals surface area contributed by atoms with Crippen molar-refractivity contribution in [3.05, 3.63) is 88.7 Å². The summed E-state index contributed by atoms with van der Waals surface area (Å²) in [5, 5.41) is 0. The minimum atomic E-state index is -1.39. The van der Waals surface area contributed by atoms with Crippen molar-refractivity contribution in [2.75, 3.05) is 0 Å². The molecule has 0 aliphatic carbocycles. The number of carbonyl (C=O) groups excluding carboxylic acids is 1. The lowest BCUT2D eigenvalue weighted by molar-refractivity contribution is -0.122. The Morgan fingerprint density at radius 3 is 2.29 bits per heavy atom. The molecule has 0 aliphatic rings. The van der Waals surface area contributed by atoms with Gasteiger partial charge in [0, 0.05) is 22.4 Å². The average molecular weight is 382 g/mol. The van der Waals surface area contributed by atoms with E-state index in [-0.39, 0.29) is 0 Å². The van der Waals surface area contributed by atoms with Crippen LogP contribution in [-0.4, -0.2) is 10.9 Å². The highest BCUT2D eigenvalue weighted by molar-refractivity contribution is 9.10. The molecule has 0 saturated heterocycles. The summed E-state index contributed by atoms with van der Waals surface area (Å²) in [7, 11) is 0. The van der Waals surface area contributed by atoms with E-state index in [1.54, 1.807) is 24.5 Å². The van der Waals surface area contributed by atoms with Crippen molar-refractivity contribution in [3.63, 3.8) is 0 Å². The second-order valence-electron chi connectivity index (χ2n) is 5.51. The Morgan fingerprint density at radius 2 is 1.62 bits per heavy atom. The summed E-state index contributed by atoms with van der Waals surface area (Å²) in [5.74, 6) is -0.599. The second-order valence-corrected chi connectivity index (χ2v) is 6.43. The largest absolute Gasteiger partial charge is 0.367 e. The monoisotopic (exact) mass is 381 g/mol. The van der Waals surface area contributed by atoms with E-state index in [2.05, 4.69) is 20.9 Å². The third-order valence-electron chi connectivity index (χ3n) is 3.97. The number of benzene rings is 2. The Morgan fingerprint density at radius 1 is 0.917 bits per heavy atom. The smallest absolute Gasteiger partial charge is 0.246 e. The van der Waals surface area contributed by atoms with E-state index < -0.39 is 11.4 Å². The van der Waals surface area contributed by atoms with Gasteiger partial charge in [0.15, 0.2) is 0 Å². The van der Waals surface area contributed by atoms with Gasteiger partial charge in [0.25, 0.3) is 0 Å². The number of aromatic nitrogens is 1. The van der Waals surface area contributed by atoms with E-state index in [0.29, 0.717) is 11.1 Å². The minimum Gasteiger partial charge on any atom is -0.367 e. The summed E-state index contributed by atoms with van der Waals surface area (Å²) < 4.78 is 0.877. The first kappa shape index (κ1) is 16.4. The van der Waals surface area contributed by atoms with Crippen LogP contribution in [0.5, 0.6) is 0 Å². The average Bonchev–Trinajstić information content (AvgIpc) is 2.61. The lowest BCUT2D eigenvalue weighted by atomic mass is 9.82. The van der Waals surface area contributed by atoms with Gasteiger partial charge in [-0.15, -0.1) is 0 Å². The Kier molecular flexibility index (Phi) is 4.46. The number of hydrogen-bond donors (Lipinski definition) is 2. The van der Waals surface area contributed by atoms with Crippen LogP contribution in [0.15, 0.2) is 77.5 Å².